The number of hydrogen-bond acceptors (Lipinski definition) is 3. The lowest BCUT2D eigenvalue weighted by Gasteiger charge is -2.25. The summed E-state index contributed by atoms with van der Waals surface area (Å²) >= 11 is 0. The minimum atomic E-state index is -4.76. The molecule has 1 aliphatic heterocycles. The van der Waals surface area contributed by atoms with E-state index in [1.54, 1.807) is 24.3 Å². The van der Waals surface area contributed by atoms with Gasteiger partial charge in [0, 0.05) is 6.92 Å². The van der Waals surface area contributed by atoms with Crippen LogP contribution < -0.4 is 4.74 Å². The zero-order chi connectivity index (χ0) is 23.8. The molecule has 0 N–H and O–H groups in total. The number of aliphatic imine (C=N–C) groups is 1. The first-order chi connectivity index (χ1) is 15.6. The maximum atomic E-state index is 14.3. The average molecular weight is 460 g/mol. The Bertz CT molecular complexity index is 1180. The molecule has 0 spiro atoms. The lowest BCUT2D eigenvalue weighted by molar-refractivity contribution is -0.274. The molecule has 1 atom stereocenters. The Morgan fingerprint density at radius 1 is 0.939 bits per heavy atom. The van der Waals surface area contributed by atoms with Gasteiger partial charge >= 0.3 is 6.36 Å². The van der Waals surface area contributed by atoms with E-state index >= 15 is 0 Å². The number of carbonyl (C=O) groups excluding carboxylic acids is 1. The fraction of sp³-hybridized carbons (Fsp3) is 0.167. The second-order valence-electron chi connectivity index (χ2n) is 7.36. The van der Waals surface area contributed by atoms with Crippen LogP contribution in [0.4, 0.5) is 22.0 Å². The van der Waals surface area contributed by atoms with Crippen LogP contribution in [0.3, 0.4) is 0 Å². The van der Waals surface area contributed by atoms with Crippen molar-refractivity contribution in [2.75, 3.05) is 6.54 Å². The van der Waals surface area contributed by atoms with Gasteiger partial charge in [-0.1, -0.05) is 42.5 Å². The van der Waals surface area contributed by atoms with Crippen LogP contribution in [-0.2, 0) is 4.79 Å². The second-order valence-corrected chi connectivity index (χ2v) is 7.36. The van der Waals surface area contributed by atoms with Crippen LogP contribution in [0.2, 0.25) is 0 Å². The number of amidine groups is 1. The van der Waals surface area contributed by atoms with Gasteiger partial charge in [-0.2, -0.15) is 0 Å². The van der Waals surface area contributed by atoms with Gasteiger partial charge in [-0.05, 0) is 41.0 Å². The number of carbonyl (C=O) groups is 1. The number of ether oxygens (including phenoxy) is 1. The van der Waals surface area contributed by atoms with E-state index in [4.69, 9.17) is 0 Å². The Morgan fingerprint density at radius 3 is 2.00 bits per heavy atom. The Morgan fingerprint density at radius 2 is 1.48 bits per heavy atom. The molecule has 170 valence electrons. The van der Waals surface area contributed by atoms with Gasteiger partial charge in [-0.15, -0.1) is 13.2 Å². The summed E-state index contributed by atoms with van der Waals surface area (Å²) in [4.78, 5) is 17.9. The molecule has 3 aromatic carbocycles. The zero-order valence-electron chi connectivity index (χ0n) is 17.2. The first-order valence-corrected chi connectivity index (χ1v) is 9.89. The van der Waals surface area contributed by atoms with Gasteiger partial charge in [-0.3, -0.25) is 14.7 Å². The summed E-state index contributed by atoms with van der Waals surface area (Å²) < 4.78 is 69.4. The number of benzene rings is 3. The normalized spacial score (nSPS) is 16.0. The van der Waals surface area contributed by atoms with Crippen molar-refractivity contribution >= 4 is 11.7 Å². The van der Waals surface area contributed by atoms with Crippen molar-refractivity contribution in [3.63, 3.8) is 0 Å². The Balaban J connectivity index is 1.57. The van der Waals surface area contributed by atoms with Crippen LogP contribution in [0.25, 0.3) is 11.1 Å². The van der Waals surface area contributed by atoms with Gasteiger partial charge in [0.1, 0.15) is 23.2 Å². The van der Waals surface area contributed by atoms with Crippen molar-refractivity contribution in [1.82, 2.24) is 4.90 Å². The molecule has 1 amide bonds. The van der Waals surface area contributed by atoms with Crippen molar-refractivity contribution in [2.45, 2.75) is 19.3 Å². The lowest BCUT2D eigenvalue weighted by Crippen LogP contribution is -2.36. The van der Waals surface area contributed by atoms with E-state index < -0.39 is 29.9 Å². The number of halogens is 5. The van der Waals surface area contributed by atoms with Crippen molar-refractivity contribution in [3.05, 3.63) is 89.5 Å². The molecule has 3 aromatic rings. The van der Waals surface area contributed by atoms with Gasteiger partial charge in [0.25, 0.3) is 0 Å². The molecule has 0 saturated heterocycles. The summed E-state index contributed by atoms with van der Waals surface area (Å²) in [5.74, 6) is -2.42. The maximum Gasteiger partial charge on any atom is 0.573 e. The predicted octanol–water partition coefficient (Wildman–Crippen LogP) is 5.88. The van der Waals surface area contributed by atoms with Gasteiger partial charge in [0.15, 0.2) is 0 Å². The molecule has 0 bridgehead atoms. The first kappa shape index (κ1) is 22.4. The molecular formula is C24H17F5N2O2. The molecule has 1 aliphatic rings. The molecule has 33 heavy (non-hydrogen) atoms. The number of hydrogen-bond donors (Lipinski definition) is 0. The third-order valence-electron chi connectivity index (χ3n) is 5.20. The fourth-order valence-electron chi connectivity index (χ4n) is 3.76. The van der Waals surface area contributed by atoms with Gasteiger partial charge < -0.3 is 4.74 Å². The van der Waals surface area contributed by atoms with Crippen LogP contribution in [-0.4, -0.2) is 29.5 Å². The van der Waals surface area contributed by atoms with Crippen LogP contribution >= 0.6 is 0 Å². The molecule has 0 fully saturated rings. The highest BCUT2D eigenvalue weighted by Gasteiger charge is 2.35. The summed E-state index contributed by atoms with van der Waals surface area (Å²) in [6, 6.07) is 15.3. The quantitative estimate of drug-likeness (QED) is 0.457. The van der Waals surface area contributed by atoms with Gasteiger partial charge in [-0.25, -0.2) is 8.78 Å². The minimum Gasteiger partial charge on any atom is -0.406 e. The van der Waals surface area contributed by atoms with Crippen LogP contribution in [0, 0.1) is 11.6 Å². The molecule has 4 nitrogen and oxygen atoms in total. The molecule has 9 heteroatoms. The van der Waals surface area contributed by atoms with Crippen molar-refractivity contribution in [3.8, 4) is 16.9 Å². The average Bonchev–Trinajstić information content (AvgIpc) is 3.18. The standard InChI is InChI=1S/C24H17F5N2O2/c1-14(32)31-21(13-30-23(31)22-19(25)3-2-4-20(22)26)17-7-5-15(6-8-17)16-9-11-18(12-10-16)33-24(27,28)29/h2-12,21H,13H2,1H3. The maximum absolute atomic E-state index is 14.3. The Kier molecular flexibility index (Phi) is 5.88. The largest absolute Gasteiger partial charge is 0.573 e. The SMILES string of the molecule is CC(=O)N1C(c2c(F)cccc2F)=NCC1c1ccc(-c2ccc(OC(F)(F)F)cc2)cc1. The highest BCUT2D eigenvalue weighted by atomic mass is 19.4. The lowest BCUT2D eigenvalue weighted by atomic mass is 10.00. The number of nitrogens with zero attached hydrogens (tertiary/aromatic N) is 2. The summed E-state index contributed by atoms with van der Waals surface area (Å²) in [6.07, 6.45) is -4.76. The van der Waals surface area contributed by atoms with E-state index in [2.05, 4.69) is 9.73 Å². The zero-order valence-corrected chi connectivity index (χ0v) is 17.2. The van der Waals surface area contributed by atoms with Gasteiger partial charge in [0.2, 0.25) is 5.91 Å². The van der Waals surface area contributed by atoms with E-state index in [9.17, 15) is 26.7 Å². The second kappa shape index (κ2) is 8.65. The summed E-state index contributed by atoms with van der Waals surface area (Å²) in [5, 5.41) is 0. The van der Waals surface area contributed by atoms with Crippen LogP contribution in [0.1, 0.15) is 24.1 Å². The Hall–Kier alpha value is -3.75. The van der Waals surface area contributed by atoms with Crippen molar-refractivity contribution in [1.29, 1.82) is 0 Å². The summed E-state index contributed by atoms with van der Waals surface area (Å²) in [6.45, 7) is 1.43. The smallest absolute Gasteiger partial charge is 0.406 e. The highest BCUT2D eigenvalue weighted by molar-refractivity contribution is 6.09. The first-order valence-electron chi connectivity index (χ1n) is 9.89. The minimum absolute atomic E-state index is 0.0626. The summed E-state index contributed by atoms with van der Waals surface area (Å²) in [5.41, 5.74) is 1.73. The van der Waals surface area contributed by atoms with E-state index in [1.807, 2.05) is 0 Å². The molecule has 0 aliphatic carbocycles. The topological polar surface area (TPSA) is 41.9 Å². The molecule has 4 rings (SSSR count). The van der Waals surface area contributed by atoms with Gasteiger partial charge in [0.05, 0.1) is 18.2 Å². The van der Waals surface area contributed by atoms with E-state index in [0.29, 0.717) is 11.1 Å². The predicted molar refractivity (Wildman–Crippen MR) is 112 cm³/mol. The third kappa shape index (κ3) is 4.72. The molecule has 0 saturated carbocycles. The third-order valence-corrected chi connectivity index (χ3v) is 5.20. The molecule has 0 aromatic heterocycles. The fourth-order valence-corrected chi connectivity index (χ4v) is 3.76. The Labute approximate surface area is 185 Å². The van der Waals surface area contributed by atoms with Crippen LogP contribution in [0.5, 0.6) is 5.75 Å². The molecule has 0 radical (unpaired) electrons. The number of amides is 1. The molecular weight excluding hydrogens is 443 g/mol. The van der Waals surface area contributed by atoms with E-state index in [1.165, 1.54) is 42.2 Å². The van der Waals surface area contributed by atoms with E-state index in [0.717, 1.165) is 17.7 Å². The van der Waals surface area contributed by atoms with Crippen molar-refractivity contribution in [2.24, 2.45) is 4.99 Å². The summed E-state index contributed by atoms with van der Waals surface area (Å²) in [7, 11) is 0. The van der Waals surface area contributed by atoms with E-state index in [-0.39, 0.29) is 23.7 Å². The highest BCUT2D eigenvalue weighted by Crippen LogP contribution is 2.33. The monoisotopic (exact) mass is 460 g/mol. The molecule has 1 heterocycles. The number of rotatable bonds is 4. The number of alkyl halides is 3. The molecule has 1 unspecified atom stereocenters. The van der Waals surface area contributed by atoms with Crippen molar-refractivity contribution < 1.29 is 31.5 Å². The van der Waals surface area contributed by atoms with Crippen LogP contribution in [0.15, 0.2) is 71.7 Å².